The quantitative estimate of drug-likeness (QED) is 0.209. The van der Waals surface area contributed by atoms with E-state index in [0.29, 0.717) is 21.7 Å². The SMILES string of the molecule is COC(=O)Nc1ccc(-c2cnc(C3(O)CCc4cc(-c5c(F)ccc(Cl)c5F)c[n+]([O-])c43)[nH]2)cc1. The molecule has 0 fully saturated rings. The summed E-state index contributed by atoms with van der Waals surface area (Å²) < 4.78 is 33.9. The number of fused-ring (bicyclic) bond motifs is 1. The van der Waals surface area contributed by atoms with Crippen molar-refractivity contribution in [1.82, 2.24) is 9.97 Å². The summed E-state index contributed by atoms with van der Waals surface area (Å²) in [5, 5.41) is 26.8. The molecule has 1 atom stereocenters. The number of amides is 1. The maximum Gasteiger partial charge on any atom is 0.411 e. The van der Waals surface area contributed by atoms with Crippen LogP contribution in [-0.4, -0.2) is 28.3 Å². The number of aromatic nitrogens is 3. The van der Waals surface area contributed by atoms with Crippen molar-refractivity contribution in [3.05, 3.63) is 93.8 Å². The van der Waals surface area contributed by atoms with E-state index in [4.69, 9.17) is 11.6 Å². The molecule has 0 saturated heterocycles. The number of imidazole rings is 1. The number of nitrogens with zero attached hydrogens (tertiary/aromatic N) is 2. The third-order valence-corrected chi connectivity index (χ3v) is 6.48. The lowest BCUT2D eigenvalue weighted by atomic mass is 9.98. The number of rotatable bonds is 4. The van der Waals surface area contributed by atoms with E-state index in [9.17, 15) is 23.9 Å². The van der Waals surface area contributed by atoms with Gasteiger partial charge < -0.3 is 20.0 Å². The van der Waals surface area contributed by atoms with Gasteiger partial charge in [-0.15, -0.1) is 0 Å². The Kier molecular flexibility index (Phi) is 5.85. The van der Waals surface area contributed by atoms with Crippen LogP contribution in [0.4, 0.5) is 19.3 Å². The summed E-state index contributed by atoms with van der Waals surface area (Å²) in [4.78, 5) is 18.7. The highest BCUT2D eigenvalue weighted by Crippen LogP contribution is 2.41. The fraction of sp³-hybridized carbons (Fsp3) is 0.160. The summed E-state index contributed by atoms with van der Waals surface area (Å²) >= 11 is 5.81. The van der Waals surface area contributed by atoms with E-state index in [1.807, 2.05) is 0 Å². The number of nitrogens with one attached hydrogen (secondary N) is 2. The van der Waals surface area contributed by atoms with Crippen LogP contribution >= 0.6 is 11.6 Å². The van der Waals surface area contributed by atoms with Crippen LogP contribution in [0, 0.1) is 16.8 Å². The van der Waals surface area contributed by atoms with Gasteiger partial charge in [0.05, 0.1) is 35.2 Å². The van der Waals surface area contributed by atoms with E-state index in [0.717, 1.165) is 23.9 Å². The number of aliphatic hydroxyl groups is 1. The van der Waals surface area contributed by atoms with Gasteiger partial charge in [-0.2, -0.15) is 4.73 Å². The first-order valence-electron chi connectivity index (χ1n) is 10.8. The number of aromatic amines is 1. The van der Waals surface area contributed by atoms with E-state index in [-0.39, 0.29) is 34.9 Å². The molecule has 1 unspecified atom stereocenters. The molecular formula is C25H19ClF2N4O4. The van der Waals surface area contributed by atoms with Crippen molar-refractivity contribution in [3.8, 4) is 22.4 Å². The number of carbonyl (C=O) groups is 1. The molecule has 2 aromatic heterocycles. The number of pyridine rings is 1. The molecule has 11 heteroatoms. The van der Waals surface area contributed by atoms with Crippen molar-refractivity contribution in [1.29, 1.82) is 0 Å². The Hall–Kier alpha value is -4.02. The summed E-state index contributed by atoms with van der Waals surface area (Å²) in [6, 6.07) is 10.4. The maximum atomic E-state index is 14.5. The average molecular weight is 513 g/mol. The van der Waals surface area contributed by atoms with Crippen LogP contribution in [0.2, 0.25) is 5.02 Å². The lowest BCUT2D eigenvalue weighted by Crippen LogP contribution is -2.42. The standard InChI is InChI=1S/C25H19ClF2N4O4/c1-36-24(33)30-16-4-2-13(3-5-16)19-11-29-23(31-19)25(34)9-8-14-10-15(12-32(35)22(14)25)20-18(27)7-6-17(26)21(20)28/h2-7,10-12,34H,8-9H2,1H3,(H,29,31)(H,30,33). The Morgan fingerprint density at radius 2 is 2.00 bits per heavy atom. The van der Waals surface area contributed by atoms with Crippen molar-refractivity contribution in [2.45, 2.75) is 18.4 Å². The molecule has 2 aromatic carbocycles. The fourth-order valence-electron chi connectivity index (χ4n) is 4.44. The number of aryl methyl sites for hydroxylation is 1. The van der Waals surface area contributed by atoms with Crippen molar-refractivity contribution in [2.24, 2.45) is 0 Å². The van der Waals surface area contributed by atoms with Crippen molar-refractivity contribution >= 4 is 23.4 Å². The Bertz CT molecular complexity index is 1490. The first kappa shape index (κ1) is 23.7. The molecular weight excluding hydrogens is 494 g/mol. The van der Waals surface area contributed by atoms with Crippen LogP contribution in [0.25, 0.3) is 22.4 Å². The third kappa shape index (κ3) is 3.94. The maximum absolute atomic E-state index is 14.5. The van der Waals surface area contributed by atoms with Crippen LogP contribution in [-0.2, 0) is 16.8 Å². The van der Waals surface area contributed by atoms with Gasteiger partial charge in [0.15, 0.2) is 12.0 Å². The number of carbonyl (C=O) groups excluding carboxylic acids is 1. The van der Waals surface area contributed by atoms with Gasteiger partial charge in [0.25, 0.3) is 0 Å². The first-order valence-corrected chi connectivity index (χ1v) is 11.2. The second kappa shape index (κ2) is 8.89. The van der Waals surface area contributed by atoms with Gasteiger partial charge in [0, 0.05) is 11.3 Å². The molecule has 0 radical (unpaired) electrons. The number of hydrogen-bond donors (Lipinski definition) is 3. The molecule has 2 heterocycles. The van der Waals surface area contributed by atoms with Crippen LogP contribution in [0.1, 0.15) is 23.5 Å². The van der Waals surface area contributed by atoms with Crippen LogP contribution in [0.5, 0.6) is 0 Å². The Balaban J connectivity index is 1.48. The van der Waals surface area contributed by atoms with E-state index in [2.05, 4.69) is 20.0 Å². The number of benzene rings is 2. The monoisotopic (exact) mass is 512 g/mol. The van der Waals surface area contributed by atoms with E-state index in [1.54, 1.807) is 24.3 Å². The average Bonchev–Trinajstić information content (AvgIpc) is 3.49. The largest absolute Gasteiger partial charge is 0.618 e. The Morgan fingerprint density at radius 1 is 1.25 bits per heavy atom. The van der Waals surface area contributed by atoms with Crippen LogP contribution in [0.15, 0.2) is 54.9 Å². The summed E-state index contributed by atoms with van der Waals surface area (Å²) in [7, 11) is 1.27. The van der Waals surface area contributed by atoms with E-state index >= 15 is 0 Å². The summed E-state index contributed by atoms with van der Waals surface area (Å²) in [5.41, 5.74) is 0.196. The number of ether oxygens (including phenoxy) is 1. The molecule has 184 valence electrons. The molecule has 1 aliphatic carbocycles. The van der Waals surface area contributed by atoms with Gasteiger partial charge in [-0.05, 0) is 48.7 Å². The number of methoxy groups -OCH3 is 1. The number of hydrogen-bond acceptors (Lipinski definition) is 5. The zero-order valence-corrected chi connectivity index (χ0v) is 19.6. The zero-order valence-electron chi connectivity index (χ0n) is 18.8. The van der Waals surface area contributed by atoms with Crippen molar-refractivity contribution in [2.75, 3.05) is 12.4 Å². The lowest BCUT2D eigenvalue weighted by Gasteiger charge is -2.20. The molecule has 1 amide bonds. The molecule has 0 spiro atoms. The van der Waals surface area contributed by atoms with Gasteiger partial charge in [-0.25, -0.2) is 18.6 Å². The van der Waals surface area contributed by atoms with Gasteiger partial charge in [0.2, 0.25) is 11.3 Å². The van der Waals surface area contributed by atoms with E-state index < -0.39 is 28.9 Å². The highest BCUT2D eigenvalue weighted by molar-refractivity contribution is 6.31. The zero-order chi connectivity index (χ0) is 25.6. The van der Waals surface area contributed by atoms with Crippen molar-refractivity contribution in [3.63, 3.8) is 0 Å². The van der Waals surface area contributed by atoms with Gasteiger partial charge in [-0.1, -0.05) is 23.7 Å². The predicted octanol–water partition coefficient (Wildman–Crippen LogP) is 4.67. The molecule has 3 N–H and O–H groups in total. The summed E-state index contributed by atoms with van der Waals surface area (Å²) in [6.07, 6.45) is 2.38. The first-order chi connectivity index (χ1) is 17.2. The van der Waals surface area contributed by atoms with Gasteiger partial charge in [-0.3, -0.25) is 5.32 Å². The number of H-pyrrole nitrogens is 1. The molecule has 0 aliphatic heterocycles. The molecule has 0 bridgehead atoms. The predicted molar refractivity (Wildman–Crippen MR) is 127 cm³/mol. The smallest absolute Gasteiger partial charge is 0.411 e. The number of anilines is 1. The van der Waals surface area contributed by atoms with Gasteiger partial charge in [0.1, 0.15) is 11.6 Å². The van der Waals surface area contributed by atoms with E-state index in [1.165, 1.54) is 19.4 Å². The lowest BCUT2D eigenvalue weighted by molar-refractivity contribution is -0.620. The summed E-state index contributed by atoms with van der Waals surface area (Å²) in [5.74, 6) is -1.66. The third-order valence-electron chi connectivity index (χ3n) is 6.19. The topological polar surface area (TPSA) is 114 Å². The molecule has 36 heavy (non-hydrogen) atoms. The molecule has 0 saturated carbocycles. The second-order valence-electron chi connectivity index (χ2n) is 8.35. The normalized spacial score (nSPS) is 16.6. The minimum absolute atomic E-state index is 0.0197. The highest BCUT2D eigenvalue weighted by Gasteiger charge is 2.48. The molecule has 1 aliphatic rings. The molecule has 5 rings (SSSR count). The second-order valence-corrected chi connectivity index (χ2v) is 8.75. The minimum Gasteiger partial charge on any atom is -0.618 e. The fourth-order valence-corrected chi connectivity index (χ4v) is 4.59. The van der Waals surface area contributed by atoms with Crippen LogP contribution in [0.3, 0.4) is 0 Å². The minimum atomic E-state index is -1.73. The van der Waals surface area contributed by atoms with Crippen LogP contribution < -0.4 is 10.0 Å². The highest BCUT2D eigenvalue weighted by atomic mass is 35.5. The summed E-state index contributed by atoms with van der Waals surface area (Å²) in [6.45, 7) is 0. The number of halogens is 3. The molecule has 4 aromatic rings. The Labute approximate surface area is 208 Å². The van der Waals surface area contributed by atoms with Gasteiger partial charge >= 0.3 is 6.09 Å². The van der Waals surface area contributed by atoms with Crippen molar-refractivity contribution < 1.29 is 28.1 Å². The Morgan fingerprint density at radius 3 is 2.72 bits per heavy atom. The molecule has 8 nitrogen and oxygen atoms in total.